The summed E-state index contributed by atoms with van der Waals surface area (Å²) in [5.74, 6) is -1.19. The second-order valence-corrected chi connectivity index (χ2v) is 5.81. The average Bonchev–Trinajstić information content (AvgIpc) is 2.54. The highest BCUT2D eigenvalue weighted by Crippen LogP contribution is 2.25. The molecule has 1 saturated carbocycles. The molecule has 124 valence electrons. The van der Waals surface area contributed by atoms with E-state index < -0.39 is 24.0 Å². The first-order chi connectivity index (χ1) is 11.0. The summed E-state index contributed by atoms with van der Waals surface area (Å²) >= 11 is 0. The monoisotopic (exact) mass is 318 g/mol. The van der Waals surface area contributed by atoms with Gasteiger partial charge in [-0.1, -0.05) is 30.3 Å². The maximum atomic E-state index is 12.5. The molecule has 0 aliphatic heterocycles. The number of ether oxygens (including phenoxy) is 1. The fourth-order valence-electron chi connectivity index (χ4n) is 3.02. The van der Waals surface area contributed by atoms with Gasteiger partial charge in [-0.05, 0) is 24.3 Å². The van der Waals surface area contributed by atoms with E-state index >= 15 is 0 Å². The Morgan fingerprint density at radius 2 is 2.00 bits per heavy atom. The van der Waals surface area contributed by atoms with Crippen LogP contribution in [0.2, 0.25) is 0 Å². The average molecular weight is 318 g/mol. The number of nitrogens with two attached hydrogens (primary N) is 1. The lowest BCUT2D eigenvalue weighted by Crippen LogP contribution is -2.51. The summed E-state index contributed by atoms with van der Waals surface area (Å²) in [5.41, 5.74) is 6.13. The van der Waals surface area contributed by atoms with Gasteiger partial charge in [0, 0.05) is 20.0 Å². The van der Waals surface area contributed by atoms with Crippen molar-refractivity contribution in [2.24, 2.45) is 11.7 Å². The van der Waals surface area contributed by atoms with Crippen LogP contribution in [0.5, 0.6) is 0 Å². The molecule has 1 fully saturated rings. The van der Waals surface area contributed by atoms with Crippen LogP contribution in [0.3, 0.4) is 0 Å². The third-order valence-electron chi connectivity index (χ3n) is 4.17. The predicted octanol–water partition coefficient (Wildman–Crippen LogP) is 1.10. The van der Waals surface area contributed by atoms with Crippen LogP contribution in [0.1, 0.15) is 37.4 Å². The van der Waals surface area contributed by atoms with E-state index in [2.05, 4.69) is 5.32 Å². The topological polar surface area (TPSA) is 98.5 Å². The lowest BCUT2D eigenvalue weighted by atomic mass is 9.82. The lowest BCUT2D eigenvalue weighted by Gasteiger charge is -2.29. The van der Waals surface area contributed by atoms with Crippen molar-refractivity contribution in [3.63, 3.8) is 0 Å². The quantitative estimate of drug-likeness (QED) is 0.820. The minimum absolute atomic E-state index is 0.105. The van der Waals surface area contributed by atoms with Crippen LogP contribution in [0.25, 0.3) is 0 Å². The number of primary amides is 1. The Kier molecular flexibility index (Phi) is 5.87. The van der Waals surface area contributed by atoms with E-state index in [0.29, 0.717) is 18.4 Å². The Hall–Kier alpha value is -2.21. The normalized spacial score (nSPS) is 20.6. The highest BCUT2D eigenvalue weighted by molar-refractivity contribution is 5.90. The van der Waals surface area contributed by atoms with Crippen LogP contribution in [-0.2, 0) is 19.1 Å². The Morgan fingerprint density at radius 3 is 2.57 bits per heavy atom. The van der Waals surface area contributed by atoms with Crippen molar-refractivity contribution in [3.05, 3.63) is 35.9 Å². The molecule has 0 heterocycles. The molecule has 2 amide bonds. The van der Waals surface area contributed by atoms with Crippen LogP contribution >= 0.6 is 0 Å². The fraction of sp³-hybridized carbons (Fsp3) is 0.471. The van der Waals surface area contributed by atoms with E-state index in [1.165, 1.54) is 7.11 Å². The molecule has 1 aromatic carbocycles. The highest BCUT2D eigenvalue weighted by Gasteiger charge is 2.34. The largest absolute Gasteiger partial charge is 0.368 e. The lowest BCUT2D eigenvalue weighted by molar-refractivity contribution is -0.136. The van der Waals surface area contributed by atoms with E-state index in [-0.39, 0.29) is 18.1 Å². The molecule has 1 aliphatic carbocycles. The molecule has 3 N–H and O–H groups in total. The molecule has 1 aromatic rings. The van der Waals surface area contributed by atoms with E-state index in [0.717, 1.165) is 6.42 Å². The number of carbonyl (C=O) groups excluding carboxylic acids is 3. The number of Topliss-reactive ketones (excluding diaryl/α,β-unsaturated/α-hetero) is 1. The van der Waals surface area contributed by atoms with Crippen molar-refractivity contribution >= 4 is 17.6 Å². The minimum atomic E-state index is -0.854. The Labute approximate surface area is 135 Å². The number of hydrogen-bond donors (Lipinski definition) is 2. The maximum absolute atomic E-state index is 12.5. The van der Waals surface area contributed by atoms with Crippen LogP contribution in [-0.4, -0.2) is 30.7 Å². The zero-order chi connectivity index (χ0) is 16.8. The van der Waals surface area contributed by atoms with Crippen molar-refractivity contribution in [1.82, 2.24) is 5.32 Å². The molecule has 2 rings (SSSR count). The standard InChI is InChI=1S/C17H22N2O4/c1-23-15(11-6-3-2-4-7-11)17(22)19-14(16(18)21)12-8-5-9-13(20)10-12/h2-4,6-7,12,14-15H,5,8-10H2,1H3,(H2,18,21)(H,19,22)/t12-,14+,15+/m0/s1. The first kappa shape index (κ1) is 17.1. The van der Waals surface area contributed by atoms with E-state index in [1.54, 1.807) is 24.3 Å². The number of methoxy groups -OCH3 is 1. The van der Waals surface area contributed by atoms with E-state index in [1.807, 2.05) is 6.07 Å². The zero-order valence-electron chi connectivity index (χ0n) is 13.2. The molecule has 3 atom stereocenters. The fourth-order valence-corrected chi connectivity index (χ4v) is 3.02. The molecule has 6 heteroatoms. The molecule has 0 spiro atoms. The first-order valence-electron chi connectivity index (χ1n) is 7.72. The molecule has 0 bridgehead atoms. The van der Waals surface area contributed by atoms with Gasteiger partial charge < -0.3 is 15.8 Å². The van der Waals surface area contributed by atoms with Gasteiger partial charge in [0.05, 0.1) is 0 Å². The molecule has 1 aliphatic rings. The summed E-state index contributed by atoms with van der Waals surface area (Å²) in [6.07, 6.45) is 1.40. The third-order valence-corrected chi connectivity index (χ3v) is 4.17. The number of nitrogens with one attached hydrogen (secondary N) is 1. The number of amides is 2. The van der Waals surface area contributed by atoms with Gasteiger partial charge in [0.2, 0.25) is 5.91 Å². The van der Waals surface area contributed by atoms with Crippen LogP contribution in [0.4, 0.5) is 0 Å². The van der Waals surface area contributed by atoms with Gasteiger partial charge in [-0.3, -0.25) is 14.4 Å². The number of benzene rings is 1. The number of ketones is 1. The number of carbonyl (C=O) groups is 3. The zero-order valence-corrected chi connectivity index (χ0v) is 13.2. The Bertz CT molecular complexity index is 573. The summed E-state index contributed by atoms with van der Waals surface area (Å²) in [7, 11) is 1.43. The second-order valence-electron chi connectivity index (χ2n) is 5.81. The van der Waals surface area contributed by atoms with Gasteiger partial charge in [-0.15, -0.1) is 0 Å². The molecule has 0 radical (unpaired) electrons. The smallest absolute Gasteiger partial charge is 0.254 e. The minimum Gasteiger partial charge on any atom is -0.368 e. The van der Waals surface area contributed by atoms with Crippen LogP contribution in [0.15, 0.2) is 30.3 Å². The summed E-state index contributed by atoms with van der Waals surface area (Å²) in [6.45, 7) is 0. The van der Waals surface area contributed by atoms with E-state index in [4.69, 9.17) is 10.5 Å². The summed E-state index contributed by atoms with van der Waals surface area (Å²) < 4.78 is 5.26. The van der Waals surface area contributed by atoms with Gasteiger partial charge in [0.25, 0.3) is 5.91 Å². The maximum Gasteiger partial charge on any atom is 0.254 e. The molecular weight excluding hydrogens is 296 g/mol. The summed E-state index contributed by atoms with van der Waals surface area (Å²) in [6, 6.07) is 8.15. The van der Waals surface area contributed by atoms with Crippen molar-refractivity contribution in [2.45, 2.75) is 37.8 Å². The SMILES string of the molecule is CO[C@@H](C(=O)N[C@@H](C(N)=O)[C@H]1CCCC(=O)C1)c1ccccc1. The molecular formula is C17H22N2O4. The molecule has 6 nitrogen and oxygen atoms in total. The molecule has 23 heavy (non-hydrogen) atoms. The Balaban J connectivity index is 2.10. The van der Waals surface area contributed by atoms with Crippen molar-refractivity contribution in [3.8, 4) is 0 Å². The van der Waals surface area contributed by atoms with Crippen molar-refractivity contribution in [2.75, 3.05) is 7.11 Å². The predicted molar refractivity (Wildman–Crippen MR) is 84.3 cm³/mol. The van der Waals surface area contributed by atoms with Gasteiger partial charge in [0.15, 0.2) is 6.10 Å². The van der Waals surface area contributed by atoms with E-state index in [9.17, 15) is 14.4 Å². The van der Waals surface area contributed by atoms with Gasteiger partial charge in [-0.2, -0.15) is 0 Å². The third kappa shape index (κ3) is 4.39. The highest BCUT2D eigenvalue weighted by atomic mass is 16.5. The Morgan fingerprint density at radius 1 is 1.30 bits per heavy atom. The first-order valence-corrected chi connectivity index (χ1v) is 7.72. The summed E-state index contributed by atoms with van der Waals surface area (Å²) in [4.78, 5) is 35.8. The van der Waals surface area contributed by atoms with Gasteiger partial charge in [-0.25, -0.2) is 0 Å². The van der Waals surface area contributed by atoms with Crippen molar-refractivity contribution in [1.29, 1.82) is 0 Å². The molecule has 0 aromatic heterocycles. The van der Waals surface area contributed by atoms with Crippen molar-refractivity contribution < 1.29 is 19.1 Å². The van der Waals surface area contributed by atoms with Gasteiger partial charge >= 0.3 is 0 Å². The van der Waals surface area contributed by atoms with Crippen LogP contribution < -0.4 is 11.1 Å². The summed E-state index contributed by atoms with van der Waals surface area (Å²) in [5, 5.41) is 2.67. The molecule has 0 unspecified atom stereocenters. The number of hydrogen-bond acceptors (Lipinski definition) is 4. The molecule has 0 saturated heterocycles. The van der Waals surface area contributed by atoms with Gasteiger partial charge in [0.1, 0.15) is 11.8 Å². The second kappa shape index (κ2) is 7.87. The van der Waals surface area contributed by atoms with Crippen LogP contribution in [0, 0.1) is 5.92 Å². The number of rotatable bonds is 6.